The van der Waals surface area contributed by atoms with E-state index in [1.54, 1.807) is 13.0 Å². The van der Waals surface area contributed by atoms with Gasteiger partial charge in [-0.05, 0) is 31.5 Å². The predicted octanol–water partition coefficient (Wildman–Crippen LogP) is 2.94. The predicted molar refractivity (Wildman–Crippen MR) is 72.0 cm³/mol. The maximum absolute atomic E-state index is 13.7. The van der Waals surface area contributed by atoms with Gasteiger partial charge in [0, 0.05) is 13.0 Å². The van der Waals surface area contributed by atoms with E-state index >= 15 is 0 Å². The molecule has 2 aromatic rings. The van der Waals surface area contributed by atoms with Gasteiger partial charge in [-0.2, -0.15) is 0 Å². The molecular formula is C14H18FN3O2. The number of benzene rings is 1. The van der Waals surface area contributed by atoms with Crippen LogP contribution in [0.3, 0.4) is 0 Å². The van der Waals surface area contributed by atoms with Crippen molar-refractivity contribution >= 4 is 0 Å². The molecule has 6 heteroatoms. The molecule has 5 nitrogen and oxygen atoms in total. The van der Waals surface area contributed by atoms with Crippen molar-refractivity contribution in [2.75, 3.05) is 7.11 Å². The van der Waals surface area contributed by atoms with Crippen LogP contribution in [0.1, 0.15) is 43.3 Å². The van der Waals surface area contributed by atoms with E-state index in [4.69, 9.17) is 9.15 Å². The highest BCUT2D eigenvalue weighted by Gasteiger charge is 2.17. The minimum Gasteiger partial charge on any atom is -0.494 e. The van der Waals surface area contributed by atoms with Gasteiger partial charge in [0.05, 0.1) is 13.2 Å². The van der Waals surface area contributed by atoms with Crippen LogP contribution in [0, 0.1) is 12.7 Å². The van der Waals surface area contributed by atoms with Gasteiger partial charge in [-0.15, -0.1) is 10.2 Å². The number of rotatable bonds is 5. The van der Waals surface area contributed by atoms with Crippen molar-refractivity contribution in [2.45, 2.75) is 32.9 Å². The Kier molecular flexibility index (Phi) is 4.34. The van der Waals surface area contributed by atoms with Crippen LogP contribution >= 0.6 is 0 Å². The maximum Gasteiger partial charge on any atom is 0.233 e. The average Bonchev–Trinajstić information content (AvgIpc) is 2.85. The molecule has 0 saturated carbocycles. The SMILES string of the molecule is COc1ccc([C@H](C)N[C@@H](C)c2nnc(C)o2)cc1F. The number of aromatic nitrogens is 2. The first-order valence-electron chi connectivity index (χ1n) is 6.40. The lowest BCUT2D eigenvalue weighted by molar-refractivity contribution is 0.375. The molecule has 1 N–H and O–H groups in total. The summed E-state index contributed by atoms with van der Waals surface area (Å²) in [6.45, 7) is 5.61. The summed E-state index contributed by atoms with van der Waals surface area (Å²) in [4.78, 5) is 0. The Morgan fingerprint density at radius 3 is 2.55 bits per heavy atom. The number of aryl methyl sites for hydroxylation is 1. The second-order valence-electron chi connectivity index (χ2n) is 4.66. The fourth-order valence-corrected chi connectivity index (χ4v) is 1.98. The van der Waals surface area contributed by atoms with Crippen LogP contribution in [0.5, 0.6) is 5.75 Å². The third kappa shape index (κ3) is 3.14. The van der Waals surface area contributed by atoms with Gasteiger partial charge < -0.3 is 9.15 Å². The molecule has 1 aromatic heterocycles. The Bertz CT molecular complexity index is 586. The van der Waals surface area contributed by atoms with Gasteiger partial charge in [-0.1, -0.05) is 6.07 Å². The van der Waals surface area contributed by atoms with Crippen LogP contribution in [0.15, 0.2) is 22.6 Å². The lowest BCUT2D eigenvalue weighted by Crippen LogP contribution is -2.22. The number of nitrogens with one attached hydrogen (secondary N) is 1. The number of ether oxygens (including phenoxy) is 1. The van der Waals surface area contributed by atoms with E-state index in [2.05, 4.69) is 15.5 Å². The fraction of sp³-hybridized carbons (Fsp3) is 0.429. The Morgan fingerprint density at radius 2 is 2.00 bits per heavy atom. The van der Waals surface area contributed by atoms with Crippen molar-refractivity contribution in [3.8, 4) is 5.75 Å². The van der Waals surface area contributed by atoms with E-state index < -0.39 is 0 Å². The highest BCUT2D eigenvalue weighted by Crippen LogP contribution is 2.23. The second kappa shape index (κ2) is 6.00. The molecule has 0 aliphatic heterocycles. The number of methoxy groups -OCH3 is 1. The van der Waals surface area contributed by atoms with Crippen LogP contribution in [0.4, 0.5) is 4.39 Å². The van der Waals surface area contributed by atoms with E-state index in [9.17, 15) is 4.39 Å². The van der Waals surface area contributed by atoms with E-state index in [0.717, 1.165) is 5.56 Å². The summed E-state index contributed by atoms with van der Waals surface area (Å²) < 4.78 is 23.9. The second-order valence-corrected chi connectivity index (χ2v) is 4.66. The van der Waals surface area contributed by atoms with E-state index in [0.29, 0.717) is 11.8 Å². The summed E-state index contributed by atoms with van der Waals surface area (Å²) in [5, 5.41) is 11.0. The standard InChI is InChI=1S/C14H18FN3O2/c1-8(11-5-6-13(19-4)12(15)7-11)16-9(2)14-18-17-10(3)20-14/h5-9,16H,1-4H3/t8-,9-/m0/s1. The largest absolute Gasteiger partial charge is 0.494 e. The third-order valence-corrected chi connectivity index (χ3v) is 3.09. The molecule has 2 atom stereocenters. The normalized spacial score (nSPS) is 14.1. The van der Waals surface area contributed by atoms with Gasteiger partial charge >= 0.3 is 0 Å². The average molecular weight is 279 g/mol. The van der Waals surface area contributed by atoms with Gasteiger partial charge in [0.15, 0.2) is 11.6 Å². The first-order chi connectivity index (χ1) is 9.51. The van der Waals surface area contributed by atoms with Crippen LogP contribution in [0.2, 0.25) is 0 Å². The summed E-state index contributed by atoms with van der Waals surface area (Å²) in [6, 6.07) is 4.73. The summed E-state index contributed by atoms with van der Waals surface area (Å²) in [5.74, 6) is 0.904. The molecule has 20 heavy (non-hydrogen) atoms. The quantitative estimate of drug-likeness (QED) is 0.911. The first kappa shape index (κ1) is 14.5. The molecule has 0 radical (unpaired) electrons. The fourth-order valence-electron chi connectivity index (χ4n) is 1.98. The number of nitrogens with zero attached hydrogens (tertiary/aromatic N) is 2. The van der Waals surface area contributed by atoms with Gasteiger partial charge in [0.1, 0.15) is 0 Å². The van der Waals surface area contributed by atoms with Gasteiger partial charge in [-0.3, -0.25) is 5.32 Å². The molecule has 108 valence electrons. The lowest BCUT2D eigenvalue weighted by atomic mass is 10.1. The van der Waals surface area contributed by atoms with Crippen LogP contribution in [0.25, 0.3) is 0 Å². The molecule has 0 aliphatic rings. The number of hydrogen-bond donors (Lipinski definition) is 1. The van der Waals surface area contributed by atoms with Crippen LogP contribution in [-0.4, -0.2) is 17.3 Å². The molecule has 0 aliphatic carbocycles. The van der Waals surface area contributed by atoms with Crippen molar-refractivity contribution in [3.63, 3.8) is 0 Å². The summed E-state index contributed by atoms with van der Waals surface area (Å²) in [6.07, 6.45) is 0. The van der Waals surface area contributed by atoms with Gasteiger partial charge in [-0.25, -0.2) is 4.39 Å². The van der Waals surface area contributed by atoms with E-state index in [1.165, 1.54) is 13.2 Å². The van der Waals surface area contributed by atoms with Crippen molar-refractivity contribution in [1.82, 2.24) is 15.5 Å². The third-order valence-electron chi connectivity index (χ3n) is 3.09. The maximum atomic E-state index is 13.7. The van der Waals surface area contributed by atoms with Crippen LogP contribution < -0.4 is 10.1 Å². The molecular weight excluding hydrogens is 261 g/mol. The molecule has 0 amide bonds. The molecule has 1 aromatic carbocycles. The zero-order valence-corrected chi connectivity index (χ0v) is 12.0. The zero-order valence-electron chi connectivity index (χ0n) is 12.0. The van der Waals surface area contributed by atoms with Crippen molar-refractivity contribution in [1.29, 1.82) is 0 Å². The molecule has 1 heterocycles. The summed E-state index contributed by atoms with van der Waals surface area (Å²) in [7, 11) is 1.44. The van der Waals surface area contributed by atoms with Gasteiger partial charge in [0.2, 0.25) is 11.8 Å². The molecule has 2 rings (SSSR count). The van der Waals surface area contributed by atoms with Crippen LogP contribution in [-0.2, 0) is 0 Å². The minimum atomic E-state index is -0.375. The summed E-state index contributed by atoms with van der Waals surface area (Å²) in [5.41, 5.74) is 0.825. The molecule has 0 bridgehead atoms. The van der Waals surface area contributed by atoms with E-state index in [-0.39, 0.29) is 23.7 Å². The van der Waals surface area contributed by atoms with E-state index in [1.807, 2.05) is 19.9 Å². The highest BCUT2D eigenvalue weighted by molar-refractivity contribution is 5.30. The Hall–Kier alpha value is -1.95. The van der Waals surface area contributed by atoms with Gasteiger partial charge in [0.25, 0.3) is 0 Å². The highest BCUT2D eigenvalue weighted by atomic mass is 19.1. The number of hydrogen-bond acceptors (Lipinski definition) is 5. The Labute approximate surface area is 117 Å². The first-order valence-corrected chi connectivity index (χ1v) is 6.40. The smallest absolute Gasteiger partial charge is 0.233 e. The monoisotopic (exact) mass is 279 g/mol. The molecule has 0 saturated heterocycles. The minimum absolute atomic E-state index is 0.0578. The molecule has 0 unspecified atom stereocenters. The Balaban J connectivity index is 2.07. The van der Waals surface area contributed by atoms with Crippen molar-refractivity contribution < 1.29 is 13.5 Å². The zero-order chi connectivity index (χ0) is 14.7. The lowest BCUT2D eigenvalue weighted by Gasteiger charge is -2.18. The van der Waals surface area contributed by atoms with Crippen molar-refractivity contribution in [3.05, 3.63) is 41.4 Å². The van der Waals surface area contributed by atoms with Crippen molar-refractivity contribution in [2.24, 2.45) is 0 Å². The summed E-state index contributed by atoms with van der Waals surface area (Å²) >= 11 is 0. The topological polar surface area (TPSA) is 60.2 Å². The molecule has 0 fully saturated rings. The molecule has 0 spiro atoms. The number of halogens is 1. The Morgan fingerprint density at radius 1 is 1.25 bits per heavy atom.